The molecule has 1 rings (SSSR count). The molecule has 1 aliphatic heterocycles. The maximum Gasteiger partial charge on any atom is 0.232 e. The first-order valence-corrected chi connectivity index (χ1v) is 6.72. The molecule has 6 heteroatoms. The smallest absolute Gasteiger partial charge is 0.232 e. The van der Waals surface area contributed by atoms with Crippen LogP contribution in [0.4, 0.5) is 0 Å². The van der Waals surface area contributed by atoms with Crippen LogP contribution in [-0.2, 0) is 9.53 Å². The van der Waals surface area contributed by atoms with Crippen LogP contribution in [0.25, 0.3) is 0 Å². The van der Waals surface area contributed by atoms with Gasteiger partial charge in [0.1, 0.15) is 0 Å². The van der Waals surface area contributed by atoms with E-state index >= 15 is 0 Å². The number of hydrogen-bond donors (Lipinski definition) is 1. The molecule has 1 aliphatic rings. The molecule has 0 unspecified atom stereocenters. The summed E-state index contributed by atoms with van der Waals surface area (Å²) in [6.45, 7) is 1.42. The number of likely N-dealkylation sites (N-methyl/N-ethyl adjacent to an activating group) is 1. The number of hydrogen-bond acceptors (Lipinski definition) is 5. The van der Waals surface area contributed by atoms with Crippen LogP contribution in [0.2, 0.25) is 0 Å². The van der Waals surface area contributed by atoms with Crippen molar-refractivity contribution in [3.05, 3.63) is 0 Å². The number of nitriles is 1. The van der Waals surface area contributed by atoms with Crippen molar-refractivity contribution < 1.29 is 14.6 Å². The van der Waals surface area contributed by atoms with Gasteiger partial charge in [-0.2, -0.15) is 5.26 Å². The highest BCUT2D eigenvalue weighted by atomic mass is 32.2. The van der Waals surface area contributed by atoms with Crippen molar-refractivity contribution in [1.82, 2.24) is 4.90 Å². The summed E-state index contributed by atoms with van der Waals surface area (Å²) in [6.07, 6.45) is 1.13. The van der Waals surface area contributed by atoms with Gasteiger partial charge in [-0.05, 0) is 0 Å². The number of ether oxygens (including phenoxy) is 1. The highest BCUT2D eigenvalue weighted by Gasteiger charge is 2.32. The molecule has 0 aromatic heterocycles. The van der Waals surface area contributed by atoms with Gasteiger partial charge in [0.15, 0.2) is 0 Å². The van der Waals surface area contributed by atoms with E-state index in [1.54, 1.807) is 7.05 Å². The van der Waals surface area contributed by atoms with Gasteiger partial charge in [0.25, 0.3) is 0 Å². The molecular weight excluding hydrogens is 240 g/mol. The van der Waals surface area contributed by atoms with E-state index in [4.69, 9.17) is 10.00 Å². The average Bonchev–Trinajstić information content (AvgIpc) is 2.29. The fourth-order valence-electron chi connectivity index (χ4n) is 1.73. The standard InChI is InChI=1S/C11H18N2O3S/c1-13(10(14)8-17-7-4-12)9-11(15)2-5-16-6-3-11/h15H,2-3,5-9H2,1H3. The Bertz CT molecular complexity index is 298. The van der Waals surface area contributed by atoms with Gasteiger partial charge in [-0.25, -0.2) is 0 Å². The fraction of sp³-hybridized carbons (Fsp3) is 0.818. The van der Waals surface area contributed by atoms with E-state index in [0.717, 1.165) is 0 Å². The van der Waals surface area contributed by atoms with Crippen LogP contribution in [0.1, 0.15) is 12.8 Å². The molecule has 0 aromatic carbocycles. The third kappa shape index (κ3) is 4.94. The minimum Gasteiger partial charge on any atom is -0.388 e. The lowest BCUT2D eigenvalue weighted by molar-refractivity contribution is -0.134. The Morgan fingerprint density at radius 2 is 2.24 bits per heavy atom. The molecule has 0 saturated carbocycles. The van der Waals surface area contributed by atoms with E-state index < -0.39 is 5.60 Å². The molecule has 1 fully saturated rings. The first-order valence-electron chi connectivity index (χ1n) is 5.56. The van der Waals surface area contributed by atoms with E-state index in [0.29, 0.717) is 38.4 Å². The Morgan fingerprint density at radius 1 is 1.59 bits per heavy atom. The summed E-state index contributed by atoms with van der Waals surface area (Å²) < 4.78 is 5.18. The molecule has 17 heavy (non-hydrogen) atoms. The van der Waals surface area contributed by atoms with Crippen molar-refractivity contribution in [1.29, 1.82) is 5.26 Å². The summed E-state index contributed by atoms with van der Waals surface area (Å²) in [6, 6.07) is 1.98. The molecule has 0 spiro atoms. The number of carbonyl (C=O) groups is 1. The second kappa shape index (κ2) is 6.84. The van der Waals surface area contributed by atoms with E-state index in [1.165, 1.54) is 16.7 Å². The second-order valence-electron chi connectivity index (χ2n) is 4.24. The van der Waals surface area contributed by atoms with Gasteiger partial charge >= 0.3 is 0 Å². The lowest BCUT2D eigenvalue weighted by atomic mass is 9.94. The van der Waals surface area contributed by atoms with Gasteiger partial charge in [0.05, 0.1) is 23.2 Å². The minimum atomic E-state index is -0.817. The molecule has 0 atom stereocenters. The number of aliphatic hydroxyl groups is 1. The van der Waals surface area contributed by atoms with Crippen molar-refractivity contribution in [2.24, 2.45) is 0 Å². The fourth-order valence-corrected chi connectivity index (χ4v) is 2.32. The van der Waals surface area contributed by atoms with Gasteiger partial charge in [-0.15, -0.1) is 11.8 Å². The second-order valence-corrected chi connectivity index (χ2v) is 5.22. The molecule has 0 bridgehead atoms. The maximum absolute atomic E-state index is 11.7. The summed E-state index contributed by atoms with van der Waals surface area (Å²) in [5.41, 5.74) is -0.817. The number of carbonyl (C=O) groups excluding carboxylic acids is 1. The molecule has 0 radical (unpaired) electrons. The van der Waals surface area contributed by atoms with Crippen LogP contribution in [0.5, 0.6) is 0 Å². The summed E-state index contributed by atoms with van der Waals surface area (Å²) in [5, 5.41) is 18.6. The van der Waals surface area contributed by atoms with Crippen molar-refractivity contribution in [2.75, 3.05) is 38.3 Å². The molecular formula is C11H18N2O3S. The van der Waals surface area contributed by atoms with Crippen molar-refractivity contribution in [3.8, 4) is 6.07 Å². The highest BCUT2D eigenvalue weighted by Crippen LogP contribution is 2.21. The highest BCUT2D eigenvalue weighted by molar-refractivity contribution is 8.00. The molecule has 1 amide bonds. The summed E-state index contributed by atoms with van der Waals surface area (Å²) >= 11 is 1.29. The minimum absolute atomic E-state index is 0.0508. The van der Waals surface area contributed by atoms with E-state index in [9.17, 15) is 9.90 Å². The predicted octanol–water partition coefficient (Wildman–Crippen LogP) is 0.243. The third-order valence-electron chi connectivity index (χ3n) is 2.77. The third-order valence-corrected chi connectivity index (χ3v) is 3.56. The van der Waals surface area contributed by atoms with E-state index in [1.807, 2.05) is 6.07 Å². The van der Waals surface area contributed by atoms with Gasteiger partial charge in [-0.1, -0.05) is 0 Å². The Labute approximate surface area is 106 Å². The molecule has 1 heterocycles. The molecule has 1 N–H and O–H groups in total. The SMILES string of the molecule is CN(CC1(O)CCOCC1)C(=O)CSCC#N. The zero-order valence-corrected chi connectivity index (χ0v) is 10.8. The molecule has 0 aromatic rings. The average molecular weight is 258 g/mol. The number of amides is 1. The molecule has 0 aliphatic carbocycles. The van der Waals surface area contributed by atoms with Gasteiger partial charge < -0.3 is 14.7 Å². The monoisotopic (exact) mass is 258 g/mol. The first kappa shape index (κ1) is 14.3. The van der Waals surface area contributed by atoms with Crippen molar-refractivity contribution in [3.63, 3.8) is 0 Å². The lowest BCUT2D eigenvalue weighted by Crippen LogP contribution is -2.47. The lowest BCUT2D eigenvalue weighted by Gasteiger charge is -2.35. The number of thioether (sulfide) groups is 1. The summed E-state index contributed by atoms with van der Waals surface area (Å²) in [5.74, 6) is 0.555. The Hall–Kier alpha value is -0.770. The Kier molecular flexibility index (Phi) is 5.75. The Morgan fingerprint density at radius 3 is 2.82 bits per heavy atom. The van der Waals surface area contributed by atoms with E-state index in [-0.39, 0.29) is 11.7 Å². The van der Waals surface area contributed by atoms with Crippen molar-refractivity contribution in [2.45, 2.75) is 18.4 Å². The predicted molar refractivity (Wildman–Crippen MR) is 65.6 cm³/mol. The molecule has 5 nitrogen and oxygen atoms in total. The normalized spacial score (nSPS) is 18.4. The van der Waals surface area contributed by atoms with E-state index in [2.05, 4.69) is 0 Å². The van der Waals surface area contributed by atoms with Crippen LogP contribution in [0.3, 0.4) is 0 Å². The van der Waals surface area contributed by atoms with Gasteiger partial charge in [0, 0.05) is 39.6 Å². The molecule has 1 saturated heterocycles. The number of nitrogens with zero attached hydrogens (tertiary/aromatic N) is 2. The maximum atomic E-state index is 11.7. The quantitative estimate of drug-likeness (QED) is 0.715. The van der Waals surface area contributed by atoms with Crippen LogP contribution >= 0.6 is 11.8 Å². The zero-order chi connectivity index (χ0) is 12.7. The topological polar surface area (TPSA) is 73.6 Å². The number of rotatable bonds is 5. The van der Waals surface area contributed by atoms with Gasteiger partial charge in [-0.3, -0.25) is 4.79 Å². The van der Waals surface area contributed by atoms with Crippen LogP contribution in [-0.4, -0.2) is 59.8 Å². The van der Waals surface area contributed by atoms with Crippen molar-refractivity contribution >= 4 is 17.7 Å². The largest absolute Gasteiger partial charge is 0.388 e. The van der Waals surface area contributed by atoms with Crippen LogP contribution in [0.15, 0.2) is 0 Å². The first-order chi connectivity index (χ1) is 8.07. The summed E-state index contributed by atoms with van der Waals surface area (Å²) in [4.78, 5) is 13.2. The zero-order valence-electron chi connectivity index (χ0n) is 10.0. The molecule has 96 valence electrons. The van der Waals surface area contributed by atoms with Crippen LogP contribution < -0.4 is 0 Å². The van der Waals surface area contributed by atoms with Gasteiger partial charge in [0.2, 0.25) is 5.91 Å². The summed E-state index contributed by atoms with van der Waals surface area (Å²) in [7, 11) is 1.68. The van der Waals surface area contributed by atoms with Crippen LogP contribution in [0, 0.1) is 11.3 Å². The Balaban J connectivity index is 2.34.